The molecule has 1 aromatic heterocycles. The van der Waals surface area contributed by atoms with Crippen molar-refractivity contribution in [1.82, 2.24) is 9.88 Å². The summed E-state index contributed by atoms with van der Waals surface area (Å²) in [6.45, 7) is 2.15. The average Bonchev–Trinajstić information content (AvgIpc) is 3.15. The Morgan fingerprint density at radius 3 is 2.85 bits per heavy atom. The molecule has 0 bridgehead atoms. The van der Waals surface area contributed by atoms with Gasteiger partial charge in [0.05, 0.1) is 24.5 Å². The van der Waals surface area contributed by atoms with Crippen LogP contribution in [0.15, 0.2) is 30.5 Å². The number of amides is 1. The van der Waals surface area contributed by atoms with E-state index in [1.165, 1.54) is 6.20 Å². The van der Waals surface area contributed by atoms with Gasteiger partial charge in [-0.1, -0.05) is 12.2 Å². The first-order valence-electron chi connectivity index (χ1n) is 8.41. The molecule has 0 saturated carbocycles. The van der Waals surface area contributed by atoms with Crippen LogP contribution < -0.4 is 5.32 Å². The van der Waals surface area contributed by atoms with Gasteiger partial charge in [0, 0.05) is 30.9 Å². The minimum atomic E-state index is -0.572. The van der Waals surface area contributed by atoms with Gasteiger partial charge in [0.1, 0.15) is 17.5 Å². The van der Waals surface area contributed by atoms with E-state index in [1.807, 2.05) is 12.2 Å². The maximum Gasteiger partial charge on any atom is 0.255 e. The largest absolute Gasteiger partial charge is 0.378 e. The van der Waals surface area contributed by atoms with Crippen molar-refractivity contribution in [3.05, 3.63) is 58.8 Å². The van der Waals surface area contributed by atoms with Crippen LogP contribution in [0.25, 0.3) is 6.08 Å². The van der Waals surface area contributed by atoms with Crippen LogP contribution in [0.3, 0.4) is 0 Å². The van der Waals surface area contributed by atoms with Crippen molar-refractivity contribution in [2.45, 2.75) is 6.42 Å². The summed E-state index contributed by atoms with van der Waals surface area (Å²) in [5, 5.41) is 2.84. The second-order valence-electron chi connectivity index (χ2n) is 6.17. The van der Waals surface area contributed by atoms with Crippen LogP contribution >= 0.6 is 0 Å². The fourth-order valence-electron chi connectivity index (χ4n) is 3.20. The lowest BCUT2D eigenvalue weighted by molar-refractivity contribution is 0.0302. The molecule has 4 rings (SSSR count). The van der Waals surface area contributed by atoms with E-state index in [2.05, 4.69) is 10.3 Å². The summed E-state index contributed by atoms with van der Waals surface area (Å²) in [7, 11) is 0. The second kappa shape index (κ2) is 6.84. The topological polar surface area (TPSA) is 54.5 Å². The molecule has 2 aromatic rings. The van der Waals surface area contributed by atoms with Crippen molar-refractivity contribution >= 4 is 23.5 Å². The van der Waals surface area contributed by atoms with Crippen molar-refractivity contribution in [3.63, 3.8) is 0 Å². The molecule has 7 heteroatoms. The molecule has 1 N–H and O–H groups in total. The number of nitrogens with zero attached hydrogens (tertiary/aromatic N) is 2. The summed E-state index contributed by atoms with van der Waals surface area (Å²) < 4.78 is 32.6. The van der Waals surface area contributed by atoms with Crippen LogP contribution in [0, 0.1) is 11.6 Å². The number of benzene rings is 1. The Hall–Kier alpha value is -2.80. The minimum Gasteiger partial charge on any atom is -0.378 e. The first-order chi connectivity index (χ1) is 12.6. The van der Waals surface area contributed by atoms with E-state index in [-0.39, 0.29) is 11.6 Å². The molecule has 0 atom stereocenters. The number of aromatic nitrogens is 1. The van der Waals surface area contributed by atoms with Gasteiger partial charge in [0.2, 0.25) is 0 Å². The number of rotatable bonds is 3. The maximum absolute atomic E-state index is 13.9. The summed E-state index contributed by atoms with van der Waals surface area (Å²) >= 11 is 0. The number of nitrogens with one attached hydrogen (secondary N) is 1. The van der Waals surface area contributed by atoms with Gasteiger partial charge < -0.3 is 15.0 Å². The summed E-state index contributed by atoms with van der Waals surface area (Å²) in [4.78, 5) is 18.9. The third-order valence-corrected chi connectivity index (χ3v) is 4.54. The molecule has 1 saturated heterocycles. The first-order valence-corrected chi connectivity index (χ1v) is 8.41. The first kappa shape index (κ1) is 16.7. The zero-order valence-corrected chi connectivity index (χ0v) is 14.0. The normalized spacial score (nSPS) is 15.8. The van der Waals surface area contributed by atoms with Gasteiger partial charge in [-0.15, -0.1) is 0 Å². The van der Waals surface area contributed by atoms with Crippen LogP contribution in [0.4, 0.5) is 20.3 Å². The predicted octanol–water partition coefficient (Wildman–Crippen LogP) is 3.15. The van der Waals surface area contributed by atoms with Gasteiger partial charge >= 0.3 is 0 Å². The van der Waals surface area contributed by atoms with Gasteiger partial charge in [-0.25, -0.2) is 13.8 Å². The monoisotopic (exact) mass is 357 g/mol. The molecule has 2 aliphatic rings. The standard InChI is InChI=1S/C19H17F2N3O2/c20-12-4-5-16(21)17(10-12)23-18-14-3-1-2-13(14)15(11-22-18)19(25)24-6-8-26-9-7-24/h1,3-5,10-11H,2,6-9H2,(H,22,23). The highest BCUT2D eigenvalue weighted by Crippen LogP contribution is 2.31. The lowest BCUT2D eigenvalue weighted by atomic mass is 10.0. The Labute approximate surface area is 149 Å². The van der Waals surface area contributed by atoms with Crippen molar-refractivity contribution in [2.75, 3.05) is 31.6 Å². The quantitative estimate of drug-likeness (QED) is 0.917. The molecule has 5 nitrogen and oxygen atoms in total. The summed E-state index contributed by atoms with van der Waals surface area (Å²) in [5.74, 6) is -0.793. The Morgan fingerprint density at radius 2 is 2.04 bits per heavy atom. The van der Waals surface area contributed by atoms with Crippen LogP contribution in [0.2, 0.25) is 0 Å². The number of hydrogen-bond acceptors (Lipinski definition) is 4. The zero-order chi connectivity index (χ0) is 18.1. The molecule has 26 heavy (non-hydrogen) atoms. The Balaban J connectivity index is 1.66. The maximum atomic E-state index is 13.9. The summed E-state index contributed by atoms with van der Waals surface area (Å²) in [5.41, 5.74) is 2.12. The molecule has 1 aliphatic carbocycles. The van der Waals surface area contributed by atoms with Gasteiger partial charge in [0.25, 0.3) is 5.91 Å². The number of pyridine rings is 1. The lowest BCUT2D eigenvalue weighted by Crippen LogP contribution is -2.41. The molecule has 0 spiro atoms. The molecule has 1 aromatic carbocycles. The zero-order valence-electron chi connectivity index (χ0n) is 14.0. The number of fused-ring (bicyclic) bond motifs is 1. The number of ether oxygens (including phenoxy) is 1. The number of anilines is 2. The number of morpholine rings is 1. The molecule has 1 amide bonds. The fraction of sp³-hybridized carbons (Fsp3) is 0.263. The molecule has 0 unspecified atom stereocenters. The highest BCUT2D eigenvalue weighted by Gasteiger charge is 2.25. The van der Waals surface area contributed by atoms with Crippen LogP contribution in [0.5, 0.6) is 0 Å². The summed E-state index contributed by atoms with van der Waals surface area (Å²) in [6, 6.07) is 3.20. The van der Waals surface area contributed by atoms with Crippen LogP contribution in [0.1, 0.15) is 21.5 Å². The third kappa shape index (κ3) is 3.06. The molecule has 1 fully saturated rings. The van der Waals surface area contributed by atoms with Crippen LogP contribution in [-0.2, 0) is 11.2 Å². The van der Waals surface area contributed by atoms with Gasteiger partial charge in [-0.3, -0.25) is 4.79 Å². The van der Waals surface area contributed by atoms with E-state index in [0.717, 1.165) is 29.3 Å². The van der Waals surface area contributed by atoms with Crippen molar-refractivity contribution < 1.29 is 18.3 Å². The van der Waals surface area contributed by atoms with E-state index < -0.39 is 11.6 Å². The number of carbonyl (C=O) groups is 1. The van der Waals surface area contributed by atoms with Crippen molar-refractivity contribution in [1.29, 1.82) is 0 Å². The molecule has 0 radical (unpaired) electrons. The fourth-order valence-corrected chi connectivity index (χ4v) is 3.20. The Bertz CT molecular complexity index is 893. The molecule has 1 aliphatic heterocycles. The Kier molecular flexibility index (Phi) is 4.38. The second-order valence-corrected chi connectivity index (χ2v) is 6.17. The minimum absolute atomic E-state index is 0.00672. The highest BCUT2D eigenvalue weighted by atomic mass is 19.1. The summed E-state index contributed by atoms with van der Waals surface area (Å²) in [6.07, 6.45) is 5.88. The molecule has 134 valence electrons. The number of allylic oxidation sites excluding steroid dienone is 1. The van der Waals surface area contributed by atoms with Gasteiger partial charge in [0.15, 0.2) is 0 Å². The van der Waals surface area contributed by atoms with E-state index in [0.29, 0.717) is 44.1 Å². The van der Waals surface area contributed by atoms with Gasteiger partial charge in [-0.2, -0.15) is 0 Å². The van der Waals surface area contributed by atoms with Crippen LogP contribution in [-0.4, -0.2) is 42.1 Å². The smallest absolute Gasteiger partial charge is 0.255 e. The average molecular weight is 357 g/mol. The van der Waals surface area contributed by atoms with Crippen molar-refractivity contribution in [2.24, 2.45) is 0 Å². The van der Waals surface area contributed by atoms with Crippen molar-refractivity contribution in [3.8, 4) is 0 Å². The third-order valence-electron chi connectivity index (χ3n) is 4.54. The molecular formula is C19H17F2N3O2. The number of hydrogen-bond donors (Lipinski definition) is 1. The van der Waals surface area contributed by atoms with E-state index >= 15 is 0 Å². The molecule has 2 heterocycles. The van der Waals surface area contributed by atoms with Gasteiger partial charge in [-0.05, 0) is 24.1 Å². The predicted molar refractivity (Wildman–Crippen MR) is 93.3 cm³/mol. The van der Waals surface area contributed by atoms with E-state index in [9.17, 15) is 13.6 Å². The number of halogens is 2. The SMILES string of the molecule is O=C(c1cnc(Nc2cc(F)ccc2F)c2c1CC=C2)N1CCOCC1. The highest BCUT2D eigenvalue weighted by molar-refractivity contribution is 5.98. The number of carbonyl (C=O) groups excluding carboxylic acids is 1. The van der Waals surface area contributed by atoms with E-state index in [1.54, 1.807) is 4.90 Å². The lowest BCUT2D eigenvalue weighted by Gasteiger charge is -2.27. The Morgan fingerprint density at radius 1 is 1.23 bits per heavy atom. The van der Waals surface area contributed by atoms with E-state index in [4.69, 9.17) is 4.74 Å². The molecular weight excluding hydrogens is 340 g/mol.